The van der Waals surface area contributed by atoms with E-state index < -0.39 is 0 Å². The SMILES string of the molecule is CCN(c1ccc(NC(=O)CCc2nc3ccccc3c(=O)n2C2CC2)cc1)C(C)C. The molecular formula is C25H30N4O2. The van der Waals surface area contributed by atoms with Crippen LogP contribution in [0.5, 0.6) is 0 Å². The molecule has 0 radical (unpaired) electrons. The molecule has 4 rings (SSSR count). The fourth-order valence-electron chi connectivity index (χ4n) is 4.11. The number of carbonyl (C=O) groups is 1. The predicted molar refractivity (Wildman–Crippen MR) is 126 cm³/mol. The van der Waals surface area contributed by atoms with Crippen LogP contribution in [0.2, 0.25) is 0 Å². The molecule has 1 aliphatic rings. The summed E-state index contributed by atoms with van der Waals surface area (Å²) in [5.41, 5.74) is 2.62. The van der Waals surface area contributed by atoms with E-state index in [1.807, 2.05) is 48.5 Å². The van der Waals surface area contributed by atoms with Crippen molar-refractivity contribution >= 4 is 28.2 Å². The van der Waals surface area contributed by atoms with Crippen LogP contribution in [0, 0.1) is 0 Å². The van der Waals surface area contributed by atoms with Gasteiger partial charge in [0.1, 0.15) is 5.82 Å². The molecule has 0 unspecified atom stereocenters. The van der Waals surface area contributed by atoms with E-state index in [0.717, 1.165) is 30.8 Å². The monoisotopic (exact) mass is 418 g/mol. The molecule has 1 fully saturated rings. The highest BCUT2D eigenvalue weighted by molar-refractivity contribution is 5.91. The molecule has 2 aromatic carbocycles. The Morgan fingerprint density at radius 1 is 1.16 bits per heavy atom. The molecular weight excluding hydrogens is 388 g/mol. The van der Waals surface area contributed by atoms with Gasteiger partial charge in [-0.05, 0) is 70.0 Å². The predicted octanol–water partition coefficient (Wildman–Crippen LogP) is 4.54. The lowest BCUT2D eigenvalue weighted by molar-refractivity contribution is -0.116. The molecule has 6 nitrogen and oxygen atoms in total. The number of rotatable bonds is 8. The Balaban J connectivity index is 1.45. The first kappa shape index (κ1) is 21.1. The molecule has 3 aromatic rings. The zero-order chi connectivity index (χ0) is 22.0. The lowest BCUT2D eigenvalue weighted by atomic mass is 10.2. The first-order chi connectivity index (χ1) is 15.0. The lowest BCUT2D eigenvalue weighted by Gasteiger charge is -2.27. The van der Waals surface area contributed by atoms with Crippen LogP contribution in [0.4, 0.5) is 11.4 Å². The second-order valence-electron chi connectivity index (χ2n) is 8.43. The number of hydrogen-bond acceptors (Lipinski definition) is 4. The zero-order valence-electron chi connectivity index (χ0n) is 18.5. The molecule has 6 heteroatoms. The van der Waals surface area contributed by atoms with E-state index in [4.69, 9.17) is 4.98 Å². The molecule has 0 spiro atoms. The number of fused-ring (bicyclic) bond motifs is 1. The molecule has 162 valence electrons. The van der Waals surface area contributed by atoms with Gasteiger partial charge in [0.05, 0.1) is 10.9 Å². The Morgan fingerprint density at radius 2 is 1.87 bits per heavy atom. The summed E-state index contributed by atoms with van der Waals surface area (Å²) in [5.74, 6) is 0.626. The van der Waals surface area contributed by atoms with Gasteiger partial charge in [-0.15, -0.1) is 0 Å². The number of aromatic nitrogens is 2. The van der Waals surface area contributed by atoms with E-state index in [1.54, 1.807) is 4.57 Å². The van der Waals surface area contributed by atoms with Crippen molar-refractivity contribution in [2.75, 3.05) is 16.8 Å². The van der Waals surface area contributed by atoms with E-state index in [0.29, 0.717) is 29.2 Å². The largest absolute Gasteiger partial charge is 0.369 e. The standard InChI is InChI=1S/C25H30N4O2/c1-4-28(17(2)3)19-11-9-18(10-12-19)26-24(30)16-15-23-27-22-8-6-5-7-21(22)25(31)29(23)20-13-14-20/h5-12,17,20H,4,13-16H2,1-3H3,(H,26,30). The van der Waals surface area contributed by atoms with Crippen LogP contribution in [0.1, 0.15) is 51.9 Å². The van der Waals surface area contributed by atoms with Gasteiger partial charge in [0.15, 0.2) is 0 Å². The summed E-state index contributed by atoms with van der Waals surface area (Å²) in [4.78, 5) is 32.5. The Hall–Kier alpha value is -3.15. The molecule has 1 N–H and O–H groups in total. The third kappa shape index (κ3) is 4.63. The lowest BCUT2D eigenvalue weighted by Crippen LogP contribution is -2.30. The van der Waals surface area contributed by atoms with Gasteiger partial charge < -0.3 is 10.2 Å². The van der Waals surface area contributed by atoms with Crippen molar-refractivity contribution in [1.29, 1.82) is 0 Å². The second kappa shape index (κ2) is 8.92. The van der Waals surface area contributed by atoms with Crippen LogP contribution >= 0.6 is 0 Å². The summed E-state index contributed by atoms with van der Waals surface area (Å²) in [6.07, 6.45) is 2.72. The van der Waals surface area contributed by atoms with Crippen molar-refractivity contribution in [3.8, 4) is 0 Å². The third-order valence-corrected chi connectivity index (χ3v) is 5.82. The van der Waals surface area contributed by atoms with Crippen LogP contribution < -0.4 is 15.8 Å². The Kier molecular flexibility index (Phi) is 6.07. The normalized spacial score (nSPS) is 13.5. The first-order valence-electron chi connectivity index (χ1n) is 11.1. The number of para-hydroxylation sites is 1. The summed E-state index contributed by atoms with van der Waals surface area (Å²) in [7, 11) is 0. The fourth-order valence-corrected chi connectivity index (χ4v) is 4.11. The third-order valence-electron chi connectivity index (χ3n) is 5.82. The molecule has 0 saturated heterocycles. The van der Waals surface area contributed by atoms with Gasteiger partial charge in [-0.25, -0.2) is 4.98 Å². The van der Waals surface area contributed by atoms with Gasteiger partial charge in [0.2, 0.25) is 5.91 Å². The Labute approximate surface area is 182 Å². The minimum Gasteiger partial charge on any atom is -0.369 e. The topological polar surface area (TPSA) is 67.2 Å². The van der Waals surface area contributed by atoms with E-state index in [1.165, 1.54) is 0 Å². The highest BCUT2D eigenvalue weighted by Gasteiger charge is 2.28. The van der Waals surface area contributed by atoms with Crippen LogP contribution in [0.25, 0.3) is 10.9 Å². The molecule has 1 saturated carbocycles. The van der Waals surface area contributed by atoms with Gasteiger partial charge >= 0.3 is 0 Å². The minimum atomic E-state index is -0.0753. The van der Waals surface area contributed by atoms with Crippen molar-refractivity contribution in [1.82, 2.24) is 9.55 Å². The van der Waals surface area contributed by atoms with Crippen LogP contribution in [0.15, 0.2) is 53.3 Å². The molecule has 0 aliphatic heterocycles. The van der Waals surface area contributed by atoms with Crippen molar-refractivity contribution in [2.45, 2.75) is 58.5 Å². The Morgan fingerprint density at radius 3 is 2.52 bits per heavy atom. The number of carbonyl (C=O) groups excluding carboxylic acids is 1. The first-order valence-corrected chi connectivity index (χ1v) is 11.1. The maximum atomic E-state index is 12.9. The number of benzene rings is 2. The molecule has 0 atom stereocenters. The molecule has 1 aliphatic carbocycles. The second-order valence-corrected chi connectivity index (χ2v) is 8.43. The maximum Gasteiger partial charge on any atom is 0.261 e. The van der Waals surface area contributed by atoms with E-state index >= 15 is 0 Å². The molecule has 1 aromatic heterocycles. The van der Waals surface area contributed by atoms with E-state index in [2.05, 4.69) is 31.0 Å². The van der Waals surface area contributed by atoms with Gasteiger partial charge in [-0.3, -0.25) is 14.2 Å². The minimum absolute atomic E-state index is 0.00438. The number of hydrogen-bond donors (Lipinski definition) is 1. The van der Waals surface area contributed by atoms with E-state index in [9.17, 15) is 9.59 Å². The number of aryl methyl sites for hydroxylation is 1. The van der Waals surface area contributed by atoms with Gasteiger partial charge in [0, 0.05) is 42.8 Å². The number of nitrogens with one attached hydrogen (secondary N) is 1. The maximum absolute atomic E-state index is 12.9. The smallest absolute Gasteiger partial charge is 0.261 e. The van der Waals surface area contributed by atoms with Crippen molar-refractivity contribution in [3.05, 3.63) is 64.7 Å². The van der Waals surface area contributed by atoms with Crippen LogP contribution in [-0.2, 0) is 11.2 Å². The average Bonchev–Trinajstić information content (AvgIpc) is 3.59. The van der Waals surface area contributed by atoms with E-state index in [-0.39, 0.29) is 23.9 Å². The van der Waals surface area contributed by atoms with Crippen LogP contribution in [0.3, 0.4) is 0 Å². The highest BCUT2D eigenvalue weighted by atomic mass is 16.1. The molecule has 1 heterocycles. The molecule has 31 heavy (non-hydrogen) atoms. The summed E-state index contributed by atoms with van der Waals surface area (Å²) in [6.45, 7) is 7.41. The van der Waals surface area contributed by atoms with Crippen molar-refractivity contribution in [2.24, 2.45) is 0 Å². The zero-order valence-corrected chi connectivity index (χ0v) is 18.5. The van der Waals surface area contributed by atoms with Crippen molar-refractivity contribution in [3.63, 3.8) is 0 Å². The Bertz CT molecular complexity index is 1130. The molecule has 0 bridgehead atoms. The summed E-state index contributed by atoms with van der Waals surface area (Å²) in [5, 5.41) is 3.61. The molecule has 1 amide bonds. The quantitative estimate of drug-likeness (QED) is 0.583. The fraction of sp³-hybridized carbons (Fsp3) is 0.400. The number of nitrogens with zero attached hydrogens (tertiary/aromatic N) is 3. The van der Waals surface area contributed by atoms with Crippen molar-refractivity contribution < 1.29 is 4.79 Å². The van der Waals surface area contributed by atoms with Gasteiger partial charge in [0.25, 0.3) is 5.56 Å². The summed E-state index contributed by atoms with van der Waals surface area (Å²) >= 11 is 0. The van der Waals surface area contributed by atoms with Gasteiger partial charge in [-0.1, -0.05) is 12.1 Å². The van der Waals surface area contributed by atoms with Gasteiger partial charge in [-0.2, -0.15) is 0 Å². The number of amides is 1. The number of anilines is 2. The summed E-state index contributed by atoms with van der Waals surface area (Å²) < 4.78 is 1.80. The summed E-state index contributed by atoms with van der Waals surface area (Å²) in [6, 6.07) is 16.0. The van der Waals surface area contributed by atoms with Crippen LogP contribution in [-0.4, -0.2) is 28.0 Å². The average molecular weight is 419 g/mol. The highest BCUT2D eigenvalue weighted by Crippen LogP contribution is 2.35.